The van der Waals surface area contributed by atoms with Gasteiger partial charge >= 0.3 is 6.61 Å². The average molecular weight is 2000 g/mol. The van der Waals surface area contributed by atoms with Crippen LogP contribution in [0.4, 0.5) is 30.2 Å². The summed E-state index contributed by atoms with van der Waals surface area (Å²) in [6, 6.07) is 79.2. The monoisotopic (exact) mass is 2000 g/mol. The van der Waals surface area contributed by atoms with E-state index in [0.29, 0.717) is 99.5 Å². The summed E-state index contributed by atoms with van der Waals surface area (Å²) >= 11 is 0. The Hall–Kier alpha value is -10.9. The maximum Gasteiger partial charge on any atom is 0.387 e. The van der Waals surface area contributed by atoms with E-state index in [9.17, 15) is 35.1 Å². The molecule has 9 aliphatic rings. The second-order valence-corrected chi connectivity index (χ2v) is 50.8. The maximum atomic E-state index is 15.0. The standard InChI is InChI=1S/C24H32N2O.C24H30N2.C23H32F2N2O2.C21H29FN2.C19H24N2.C18H26N2/c1-6-19-7-9-21(10-8-19)27-23(5)17-26(18-23)20-11-13-24(14-12-20,15-16-25)22(2,3)4;1-23(2,3)24(17-18-25)15-13-22(14-16-24)26-21-11-9-20(10-12-21)19-7-5-4-6-8-19;1-21(2,3)23(13-14-26)11-9-17(10-12-23)27-15-22(4,16-27)29-19-7-5-18(6-8-19)28-20(24)25;1-19(2,3)20(13-14-23)11-9-18(10-12-20)24-15-21(22,16-24)17-7-5-4-6-8-17;1-4-16-5-7-17(8-6-16)21-18-9-11-19(12-10-18,13-14-20)15(2)3;1-17(2,3)18(13-14-19)11-9-16(10-12-18)20-15-7-5-4-6-8-15/h1,7-10,20H,11-15,17-18H2,2-5H3;4-12,22,26H,13-17H2,1-3H3;5-8,17,20H,9-13,15-16H2,1-4H3;4-8,18H,9-13,15-16H2,1-3H3;1,5-8,15,18,21H,9-13H2,2-3H3;4-8,16,20H,9-13H2,1-3H3. The van der Waals surface area contributed by atoms with Crippen molar-refractivity contribution in [2.24, 2.45) is 65.5 Å². The van der Waals surface area contributed by atoms with Crippen LogP contribution in [0.25, 0.3) is 11.1 Å². The molecule has 0 unspecified atom stereocenters. The molecule has 3 aliphatic heterocycles. The topological polar surface area (TPSA) is 216 Å². The molecule has 788 valence electrons. The molecule has 3 heterocycles. The first kappa shape index (κ1) is 116. The van der Waals surface area contributed by atoms with Crippen molar-refractivity contribution in [2.75, 3.05) is 55.2 Å². The molecular weight excluding hydrogens is 1820 g/mol. The molecule has 0 amide bonds. The fraction of sp³-hybridized carbons (Fsp3) is 0.597. The molecule has 15 nitrogen and oxygen atoms in total. The van der Waals surface area contributed by atoms with Crippen molar-refractivity contribution in [2.45, 2.75) is 384 Å². The predicted octanol–water partition coefficient (Wildman–Crippen LogP) is 31.9. The van der Waals surface area contributed by atoms with Crippen molar-refractivity contribution in [1.82, 2.24) is 14.7 Å². The first-order valence-electron chi connectivity index (χ1n) is 54.8. The van der Waals surface area contributed by atoms with Crippen LogP contribution in [0.3, 0.4) is 0 Å². The van der Waals surface area contributed by atoms with E-state index in [1.165, 1.54) is 47.5 Å². The third-order valence-corrected chi connectivity index (χ3v) is 36.9. The van der Waals surface area contributed by atoms with Gasteiger partial charge in [0.1, 0.15) is 28.5 Å². The van der Waals surface area contributed by atoms with Crippen LogP contribution in [-0.2, 0) is 5.67 Å². The summed E-state index contributed by atoms with van der Waals surface area (Å²) in [7, 11) is 0. The van der Waals surface area contributed by atoms with Crippen molar-refractivity contribution in [3.05, 3.63) is 205 Å². The Bertz CT molecular complexity index is 5590. The van der Waals surface area contributed by atoms with Crippen LogP contribution in [0.5, 0.6) is 17.2 Å². The molecule has 0 aromatic heterocycles. The van der Waals surface area contributed by atoms with E-state index in [4.69, 9.17) is 27.6 Å². The zero-order valence-electron chi connectivity index (χ0n) is 92.5. The summed E-state index contributed by atoms with van der Waals surface area (Å²) in [5.41, 5.74) is 8.93. The number of anilines is 3. The lowest BCUT2D eigenvalue weighted by Crippen LogP contribution is -2.66. The molecule has 6 saturated carbocycles. The molecule has 0 spiro atoms. The minimum Gasteiger partial charge on any atom is -0.485 e. The molecule has 16 rings (SSSR count). The Labute approximate surface area is 884 Å². The molecular formula is C129H173F3N12O3. The number of nitrogens with zero attached hydrogens (tertiary/aromatic N) is 9. The minimum atomic E-state index is -2.82. The molecule has 3 N–H and O–H groups in total. The van der Waals surface area contributed by atoms with Gasteiger partial charge in [0.05, 0.1) is 36.4 Å². The highest BCUT2D eigenvalue weighted by Crippen LogP contribution is 2.59. The second-order valence-electron chi connectivity index (χ2n) is 50.8. The number of likely N-dealkylation sites (tertiary alicyclic amines) is 3. The third kappa shape index (κ3) is 30.1. The van der Waals surface area contributed by atoms with Crippen LogP contribution >= 0.6 is 0 Å². The molecule has 0 radical (unpaired) electrons. The molecule has 0 bridgehead atoms. The fourth-order valence-corrected chi connectivity index (χ4v) is 25.6. The maximum absolute atomic E-state index is 15.0. The molecule has 6 aliphatic carbocycles. The molecule has 18 heteroatoms. The van der Waals surface area contributed by atoms with E-state index in [0.717, 1.165) is 196 Å². The van der Waals surface area contributed by atoms with Gasteiger partial charge in [-0.3, -0.25) is 14.7 Å². The summed E-state index contributed by atoms with van der Waals surface area (Å²) in [5.74, 6) is 7.54. The van der Waals surface area contributed by atoms with E-state index >= 15 is 4.39 Å². The van der Waals surface area contributed by atoms with Gasteiger partial charge in [-0.1, -0.05) is 221 Å². The Morgan fingerprint density at radius 1 is 0.333 bits per heavy atom. The molecule has 7 aromatic rings. The molecule has 7 aromatic carbocycles. The van der Waals surface area contributed by atoms with Crippen LogP contribution in [0.2, 0.25) is 0 Å². The number of rotatable bonds is 24. The fourth-order valence-electron chi connectivity index (χ4n) is 25.6. The summed E-state index contributed by atoms with van der Waals surface area (Å²) in [5, 5.41) is 66.4. The normalized spacial score (nSPS) is 26.8. The summed E-state index contributed by atoms with van der Waals surface area (Å²) in [4.78, 5) is 7.36. The number of para-hydroxylation sites is 1. The molecule has 3 saturated heterocycles. The number of nitriles is 6. The molecule has 9 fully saturated rings. The lowest BCUT2D eigenvalue weighted by atomic mass is 9.57. The van der Waals surface area contributed by atoms with Crippen molar-refractivity contribution >= 4 is 17.1 Å². The van der Waals surface area contributed by atoms with Crippen molar-refractivity contribution in [3.8, 4) is 89.5 Å². The molecule has 147 heavy (non-hydrogen) atoms. The lowest BCUT2D eigenvalue weighted by Gasteiger charge is -2.55. The van der Waals surface area contributed by atoms with Crippen LogP contribution in [0, 0.1) is 158 Å². The number of terminal acetylenes is 2. The van der Waals surface area contributed by atoms with Crippen molar-refractivity contribution < 1.29 is 27.4 Å². The SMILES string of the molecule is C#Cc1ccc(NC2CCC(CC#N)(C(C)C)CC2)cc1.C#Cc1ccc(OC2(C)CN(C3CCC(CC#N)(C(C)(C)C)CC3)C2)cc1.CC(C)(C)C1(CC#N)CCC(N2CC(F)(c3ccccc3)C2)CC1.CC(C)(C)C1(CC#N)CCC(Nc2ccc(-c3ccccc3)cc2)CC1.CC(C)(C)C1(CC#N)CCC(Nc2ccccc2)CC1.CC1(Oc2ccc(OC(F)F)cc2)CN(C2CCC(CC#N)(C(C)(C)C)CC2)C1. The van der Waals surface area contributed by atoms with E-state index < -0.39 is 12.3 Å². The van der Waals surface area contributed by atoms with Gasteiger partial charge in [0, 0.05) is 142 Å². The summed E-state index contributed by atoms with van der Waals surface area (Å²) in [6.45, 7) is 44.8. The van der Waals surface area contributed by atoms with Gasteiger partial charge in [-0.15, -0.1) is 12.8 Å². The van der Waals surface area contributed by atoms with Gasteiger partial charge in [-0.05, 0) is 347 Å². The Balaban J connectivity index is 0.000000168. The number of alkyl halides is 3. The van der Waals surface area contributed by atoms with E-state index in [-0.39, 0.29) is 76.5 Å². The predicted molar refractivity (Wildman–Crippen MR) is 595 cm³/mol. The smallest absolute Gasteiger partial charge is 0.387 e. The highest BCUT2D eigenvalue weighted by molar-refractivity contribution is 5.66. The first-order valence-corrected chi connectivity index (χ1v) is 54.8. The molecule has 0 atom stereocenters. The summed E-state index contributed by atoms with van der Waals surface area (Å²) < 4.78 is 56.3. The zero-order valence-corrected chi connectivity index (χ0v) is 92.5. The third-order valence-electron chi connectivity index (χ3n) is 36.9. The Kier molecular flexibility index (Phi) is 39.7. The van der Waals surface area contributed by atoms with E-state index in [1.807, 2.05) is 78.9 Å². The number of hydrogen-bond acceptors (Lipinski definition) is 15. The minimum absolute atomic E-state index is 0.116. The number of nitrogens with one attached hydrogen (secondary N) is 3. The Morgan fingerprint density at radius 2 is 0.592 bits per heavy atom. The van der Waals surface area contributed by atoms with Gasteiger partial charge in [0.15, 0.2) is 5.67 Å². The zero-order chi connectivity index (χ0) is 107. The van der Waals surface area contributed by atoms with Gasteiger partial charge in [-0.2, -0.15) is 40.4 Å². The van der Waals surface area contributed by atoms with Crippen LogP contribution in [-0.4, -0.2) is 108 Å². The highest BCUT2D eigenvalue weighted by atomic mass is 19.3. The second kappa shape index (κ2) is 50.1. The van der Waals surface area contributed by atoms with Crippen LogP contribution in [0.15, 0.2) is 188 Å². The summed E-state index contributed by atoms with van der Waals surface area (Å²) in [6.07, 6.45) is 41.9. The first-order chi connectivity index (χ1) is 69.5. The van der Waals surface area contributed by atoms with Gasteiger partial charge in [-0.25, -0.2) is 4.39 Å². The number of halogens is 3. The van der Waals surface area contributed by atoms with Crippen molar-refractivity contribution in [3.63, 3.8) is 0 Å². The van der Waals surface area contributed by atoms with Crippen LogP contribution < -0.4 is 30.2 Å². The largest absolute Gasteiger partial charge is 0.485 e. The van der Waals surface area contributed by atoms with Gasteiger partial charge in [0.25, 0.3) is 0 Å². The highest BCUT2D eigenvalue weighted by Gasteiger charge is 2.55. The lowest BCUT2D eigenvalue weighted by molar-refractivity contribution is -0.102. The van der Waals surface area contributed by atoms with Crippen LogP contribution in [0.1, 0.15) is 341 Å². The van der Waals surface area contributed by atoms with E-state index in [1.54, 1.807) is 12.1 Å². The van der Waals surface area contributed by atoms with Gasteiger partial charge in [0.2, 0.25) is 0 Å². The number of benzene rings is 7. The average Bonchev–Trinajstić information content (AvgIpc) is 0.748. The van der Waals surface area contributed by atoms with E-state index in [2.05, 4.69) is 300 Å². The van der Waals surface area contributed by atoms with Crippen molar-refractivity contribution in [1.29, 1.82) is 31.6 Å². The quantitative estimate of drug-likeness (QED) is 0.0480. The number of hydrogen-bond donors (Lipinski definition) is 3. The Morgan fingerprint density at radius 3 is 0.891 bits per heavy atom. The van der Waals surface area contributed by atoms with Gasteiger partial charge < -0.3 is 30.2 Å². The number of ether oxygens (including phenoxy) is 3.